The van der Waals surface area contributed by atoms with Crippen LogP contribution in [0.25, 0.3) is 6.08 Å². The minimum atomic E-state index is -2.46. The molecule has 1 aromatic rings. The number of esters is 4. The maximum atomic E-state index is 12.9. The number of phenols is 1. The van der Waals surface area contributed by atoms with E-state index in [-0.39, 0.29) is 5.75 Å². The van der Waals surface area contributed by atoms with Crippen molar-refractivity contribution in [3.63, 3.8) is 0 Å². The molecule has 43 heavy (non-hydrogen) atoms. The van der Waals surface area contributed by atoms with Crippen LogP contribution in [0.4, 0.5) is 0 Å². The van der Waals surface area contributed by atoms with E-state index in [1.807, 2.05) is 0 Å². The van der Waals surface area contributed by atoms with Crippen LogP contribution in [0, 0.1) is 0 Å². The molecular formula is C27H34O16. The van der Waals surface area contributed by atoms with Crippen LogP contribution in [0.2, 0.25) is 0 Å². The van der Waals surface area contributed by atoms with Gasteiger partial charge in [-0.25, -0.2) is 4.79 Å². The molecule has 16 heteroatoms. The first kappa shape index (κ1) is 33.9. The standard InChI is InChI=1S/C27H34O16/c1-13(30)37-11-19-21(35)24(39-15(3)32)22(36)26(40-19)43-27(12-29)25(23(38-14(2)31)18(10-28)42-27)41-20(34)9-6-16-4-7-17(33)8-5-16/h4-9,18-19,21-26,28-29,33,35-36H,10-12H2,1-3H3/b9-6+/t18-,19-,21-,22-,23-,24+,25+,26-,27+/m1/s1. The third-order valence-electron chi connectivity index (χ3n) is 6.41. The predicted octanol–water partition coefficient (Wildman–Crippen LogP) is -1.71. The molecule has 2 saturated heterocycles. The maximum Gasteiger partial charge on any atom is 0.331 e. The van der Waals surface area contributed by atoms with Crippen molar-refractivity contribution >= 4 is 30.0 Å². The van der Waals surface area contributed by atoms with Crippen LogP contribution >= 0.6 is 0 Å². The van der Waals surface area contributed by atoms with Crippen LogP contribution in [-0.4, -0.2) is 124 Å². The van der Waals surface area contributed by atoms with Gasteiger partial charge in [-0.1, -0.05) is 12.1 Å². The Balaban J connectivity index is 1.95. The quantitative estimate of drug-likeness (QED) is 0.106. The topological polar surface area (TPSA) is 234 Å². The molecule has 0 saturated carbocycles. The van der Waals surface area contributed by atoms with Gasteiger partial charge in [0.15, 0.2) is 24.6 Å². The van der Waals surface area contributed by atoms with Gasteiger partial charge in [-0.05, 0) is 23.8 Å². The highest BCUT2D eigenvalue weighted by molar-refractivity contribution is 5.87. The molecule has 2 aliphatic heterocycles. The van der Waals surface area contributed by atoms with Crippen LogP contribution in [0.15, 0.2) is 30.3 Å². The molecular weight excluding hydrogens is 580 g/mol. The van der Waals surface area contributed by atoms with Crippen LogP contribution in [-0.2, 0) is 52.3 Å². The van der Waals surface area contributed by atoms with E-state index in [1.165, 1.54) is 30.3 Å². The molecule has 0 bridgehead atoms. The number of carbonyl (C=O) groups is 4. The summed E-state index contributed by atoms with van der Waals surface area (Å²) < 4.78 is 37.8. The van der Waals surface area contributed by atoms with Crippen molar-refractivity contribution < 1.29 is 77.9 Å². The van der Waals surface area contributed by atoms with E-state index in [0.717, 1.165) is 26.8 Å². The lowest BCUT2D eigenvalue weighted by atomic mass is 9.98. The van der Waals surface area contributed by atoms with Crippen molar-refractivity contribution in [3.05, 3.63) is 35.9 Å². The fourth-order valence-corrected chi connectivity index (χ4v) is 4.50. The van der Waals surface area contributed by atoms with Gasteiger partial charge in [-0.3, -0.25) is 14.4 Å². The molecule has 5 N–H and O–H groups in total. The van der Waals surface area contributed by atoms with Gasteiger partial charge in [-0.15, -0.1) is 0 Å². The van der Waals surface area contributed by atoms with Gasteiger partial charge in [0.05, 0.1) is 6.61 Å². The molecule has 0 spiro atoms. The summed E-state index contributed by atoms with van der Waals surface area (Å²) in [6, 6.07) is 5.77. The molecule has 0 unspecified atom stereocenters. The summed E-state index contributed by atoms with van der Waals surface area (Å²) in [5, 5.41) is 51.5. The fraction of sp³-hybridized carbons (Fsp3) is 0.556. The Morgan fingerprint density at radius 1 is 0.884 bits per heavy atom. The van der Waals surface area contributed by atoms with E-state index < -0.39 is 98.5 Å². The Hall–Kier alpha value is -3.64. The number of phenolic OH excluding ortho intramolecular Hbond substituents is 1. The lowest BCUT2D eigenvalue weighted by Gasteiger charge is -2.44. The van der Waals surface area contributed by atoms with E-state index in [9.17, 15) is 44.7 Å². The first-order valence-corrected chi connectivity index (χ1v) is 13.0. The zero-order valence-corrected chi connectivity index (χ0v) is 23.4. The molecule has 3 rings (SSSR count). The number of carbonyl (C=O) groups excluding carboxylic acids is 4. The average Bonchev–Trinajstić information content (AvgIpc) is 3.22. The fourth-order valence-electron chi connectivity index (χ4n) is 4.50. The van der Waals surface area contributed by atoms with E-state index in [4.69, 9.17) is 33.2 Å². The smallest absolute Gasteiger partial charge is 0.331 e. The zero-order valence-electron chi connectivity index (χ0n) is 23.4. The summed E-state index contributed by atoms with van der Waals surface area (Å²) >= 11 is 0. The highest BCUT2D eigenvalue weighted by Crippen LogP contribution is 2.39. The molecule has 0 radical (unpaired) electrons. The number of aromatic hydroxyl groups is 1. The largest absolute Gasteiger partial charge is 0.508 e. The molecule has 2 fully saturated rings. The SMILES string of the molecule is CC(=O)OC[C@H]1O[C@H](O[C@]2(CO)O[C@H](CO)[C@@H](OC(C)=O)[C@@H]2OC(=O)/C=C/c2ccc(O)cc2)[C@H](O)[C@@H](OC(C)=O)[C@@H]1O. The lowest BCUT2D eigenvalue weighted by Crippen LogP contribution is -2.64. The van der Waals surface area contributed by atoms with Crippen molar-refractivity contribution in [1.29, 1.82) is 0 Å². The first-order valence-electron chi connectivity index (χ1n) is 13.0. The summed E-state index contributed by atoms with van der Waals surface area (Å²) in [5.41, 5.74) is 0.500. The van der Waals surface area contributed by atoms with E-state index in [2.05, 4.69) is 0 Å². The summed E-state index contributed by atoms with van der Waals surface area (Å²) in [5.74, 6) is -6.00. The number of rotatable bonds is 11. The third-order valence-corrected chi connectivity index (χ3v) is 6.41. The van der Waals surface area contributed by atoms with Crippen molar-refractivity contribution in [3.8, 4) is 5.75 Å². The van der Waals surface area contributed by atoms with E-state index >= 15 is 0 Å². The number of hydrogen-bond donors (Lipinski definition) is 5. The Morgan fingerprint density at radius 3 is 2.07 bits per heavy atom. The third kappa shape index (κ3) is 8.47. The number of aliphatic hydroxyl groups excluding tert-OH is 4. The van der Waals surface area contributed by atoms with Gasteiger partial charge < -0.3 is 58.7 Å². The second-order valence-electron chi connectivity index (χ2n) is 9.68. The summed E-state index contributed by atoms with van der Waals surface area (Å²) in [6.45, 7) is 0.646. The van der Waals surface area contributed by atoms with Gasteiger partial charge in [0.25, 0.3) is 0 Å². The van der Waals surface area contributed by atoms with Crippen molar-refractivity contribution in [2.24, 2.45) is 0 Å². The molecule has 9 atom stereocenters. The molecule has 1 aromatic carbocycles. The summed E-state index contributed by atoms with van der Waals surface area (Å²) in [6.07, 6.45) is -11.1. The second-order valence-corrected chi connectivity index (χ2v) is 9.68. The Labute approximate surface area is 245 Å². The lowest BCUT2D eigenvalue weighted by molar-refractivity contribution is -0.383. The normalized spacial score (nSPS) is 32.3. The first-order chi connectivity index (χ1) is 20.3. The molecule has 0 amide bonds. The molecule has 0 aliphatic carbocycles. The molecule has 2 aliphatic rings. The highest BCUT2D eigenvalue weighted by Gasteiger charge is 2.62. The maximum absolute atomic E-state index is 12.9. The van der Waals surface area contributed by atoms with Gasteiger partial charge in [0.1, 0.15) is 43.4 Å². The summed E-state index contributed by atoms with van der Waals surface area (Å²) in [7, 11) is 0. The number of ether oxygens (including phenoxy) is 7. The van der Waals surface area contributed by atoms with E-state index in [1.54, 1.807) is 0 Å². The number of hydrogen-bond acceptors (Lipinski definition) is 16. The van der Waals surface area contributed by atoms with Gasteiger partial charge in [-0.2, -0.15) is 0 Å². The number of benzene rings is 1. The Morgan fingerprint density at radius 2 is 1.51 bits per heavy atom. The predicted molar refractivity (Wildman–Crippen MR) is 138 cm³/mol. The molecule has 2 heterocycles. The van der Waals surface area contributed by atoms with Crippen molar-refractivity contribution in [1.82, 2.24) is 0 Å². The van der Waals surface area contributed by atoms with Crippen LogP contribution in [0.3, 0.4) is 0 Å². The van der Waals surface area contributed by atoms with Crippen LogP contribution in [0.5, 0.6) is 5.75 Å². The monoisotopic (exact) mass is 614 g/mol. The van der Waals surface area contributed by atoms with Crippen LogP contribution < -0.4 is 0 Å². The molecule has 16 nitrogen and oxygen atoms in total. The molecule has 0 aromatic heterocycles. The van der Waals surface area contributed by atoms with Gasteiger partial charge in [0.2, 0.25) is 5.79 Å². The molecule has 238 valence electrons. The highest BCUT2D eigenvalue weighted by atomic mass is 16.8. The second kappa shape index (κ2) is 14.7. The van der Waals surface area contributed by atoms with Crippen molar-refractivity contribution in [2.75, 3.05) is 19.8 Å². The van der Waals surface area contributed by atoms with Crippen molar-refractivity contribution in [2.45, 2.75) is 75.6 Å². The Kier molecular flexibility index (Phi) is 11.6. The van der Waals surface area contributed by atoms with Gasteiger partial charge in [0, 0.05) is 26.8 Å². The zero-order chi connectivity index (χ0) is 31.9. The minimum absolute atomic E-state index is 0.00217. The van der Waals surface area contributed by atoms with Gasteiger partial charge >= 0.3 is 23.9 Å². The number of aliphatic hydroxyl groups is 4. The minimum Gasteiger partial charge on any atom is -0.508 e. The average molecular weight is 615 g/mol. The Bertz CT molecular complexity index is 1170. The summed E-state index contributed by atoms with van der Waals surface area (Å²) in [4.78, 5) is 47.8. The van der Waals surface area contributed by atoms with Crippen LogP contribution in [0.1, 0.15) is 26.3 Å². The van der Waals surface area contributed by atoms with E-state index in [0.29, 0.717) is 5.56 Å².